The fraction of sp³-hybridized carbons (Fsp3) is 0.333. The van der Waals surface area contributed by atoms with Gasteiger partial charge >= 0.3 is 5.97 Å². The van der Waals surface area contributed by atoms with Crippen LogP contribution >= 0.6 is 0 Å². The Morgan fingerprint density at radius 1 is 1.43 bits per heavy atom. The average molecular weight is 292 g/mol. The molecule has 3 N–H and O–H groups in total. The number of aromatic nitrogens is 1. The number of nitrogens with zero attached hydrogens (tertiary/aromatic N) is 1. The van der Waals surface area contributed by atoms with Gasteiger partial charge in [-0.1, -0.05) is 0 Å². The highest BCUT2D eigenvalue weighted by atomic mass is 19.1. The maximum atomic E-state index is 14.1. The number of hydrogen-bond acceptors (Lipinski definition) is 3. The molecule has 0 aliphatic heterocycles. The number of halogens is 1. The lowest BCUT2D eigenvalue weighted by Gasteiger charge is -2.12. The van der Waals surface area contributed by atoms with Crippen LogP contribution < -0.4 is 11.2 Å². The lowest BCUT2D eigenvalue weighted by Crippen LogP contribution is -2.19. The second-order valence-corrected chi connectivity index (χ2v) is 4.82. The summed E-state index contributed by atoms with van der Waals surface area (Å²) in [7, 11) is 0. The van der Waals surface area contributed by atoms with E-state index in [0.717, 1.165) is 6.07 Å². The van der Waals surface area contributed by atoms with E-state index in [2.05, 4.69) is 0 Å². The molecular weight excluding hydrogens is 275 g/mol. The van der Waals surface area contributed by atoms with Crippen molar-refractivity contribution in [1.82, 2.24) is 4.57 Å². The Balaban J connectivity index is 2.75. The van der Waals surface area contributed by atoms with Gasteiger partial charge in [0.25, 0.3) is 0 Å². The van der Waals surface area contributed by atoms with Crippen molar-refractivity contribution in [2.24, 2.45) is 5.73 Å². The first-order chi connectivity index (χ1) is 9.99. The quantitative estimate of drug-likeness (QED) is 0.879. The molecule has 0 amide bonds. The summed E-state index contributed by atoms with van der Waals surface area (Å²) in [5.41, 5.74) is 5.45. The number of aryl methyl sites for hydroxylation is 2. The van der Waals surface area contributed by atoms with Gasteiger partial charge in [-0.3, -0.25) is 4.79 Å². The topological polar surface area (TPSA) is 85.3 Å². The van der Waals surface area contributed by atoms with E-state index in [4.69, 9.17) is 10.8 Å². The monoisotopic (exact) mass is 292 g/mol. The number of benzene rings is 1. The number of aromatic carboxylic acids is 1. The standard InChI is InChI=1S/C15H17FN2O3/c1-2-18-8-11(15(20)21)14(19)10-7-12(16)9(4-3-5-17)6-13(10)18/h6-8H,2-5,17H2,1H3,(H,20,21). The van der Waals surface area contributed by atoms with Gasteiger partial charge in [-0.25, -0.2) is 9.18 Å². The minimum Gasteiger partial charge on any atom is -0.477 e. The van der Waals surface area contributed by atoms with Crippen molar-refractivity contribution < 1.29 is 14.3 Å². The van der Waals surface area contributed by atoms with E-state index in [1.165, 1.54) is 6.20 Å². The Morgan fingerprint density at radius 3 is 2.71 bits per heavy atom. The molecule has 0 aliphatic carbocycles. The van der Waals surface area contributed by atoms with Gasteiger partial charge < -0.3 is 15.4 Å². The van der Waals surface area contributed by atoms with E-state index in [-0.39, 0.29) is 10.9 Å². The van der Waals surface area contributed by atoms with Crippen molar-refractivity contribution in [3.8, 4) is 0 Å². The summed E-state index contributed by atoms with van der Waals surface area (Å²) < 4.78 is 15.7. The molecule has 0 radical (unpaired) electrons. The van der Waals surface area contributed by atoms with Crippen LogP contribution in [0.4, 0.5) is 4.39 Å². The highest BCUT2D eigenvalue weighted by Crippen LogP contribution is 2.19. The SMILES string of the molecule is CCn1cc(C(=O)O)c(=O)c2cc(F)c(CCCN)cc21. The Morgan fingerprint density at radius 2 is 2.14 bits per heavy atom. The van der Waals surface area contributed by atoms with E-state index in [1.54, 1.807) is 10.6 Å². The summed E-state index contributed by atoms with van der Waals surface area (Å²) in [5.74, 6) is -1.81. The molecule has 1 aromatic heterocycles. The zero-order valence-electron chi connectivity index (χ0n) is 11.7. The van der Waals surface area contributed by atoms with E-state index >= 15 is 0 Å². The van der Waals surface area contributed by atoms with Crippen LogP contribution in [-0.2, 0) is 13.0 Å². The smallest absolute Gasteiger partial charge is 0.341 e. The van der Waals surface area contributed by atoms with Gasteiger partial charge in [-0.15, -0.1) is 0 Å². The lowest BCUT2D eigenvalue weighted by atomic mass is 10.0. The maximum absolute atomic E-state index is 14.1. The molecule has 0 spiro atoms. The summed E-state index contributed by atoms with van der Waals surface area (Å²) in [4.78, 5) is 23.2. The fourth-order valence-corrected chi connectivity index (χ4v) is 2.35. The van der Waals surface area contributed by atoms with Crippen molar-refractivity contribution in [2.45, 2.75) is 26.3 Å². The Bertz CT molecular complexity index is 753. The third kappa shape index (κ3) is 2.80. The normalized spacial score (nSPS) is 11.0. The summed E-state index contributed by atoms with van der Waals surface area (Å²) in [6, 6.07) is 2.74. The van der Waals surface area contributed by atoms with Gasteiger partial charge in [0.2, 0.25) is 5.43 Å². The highest BCUT2D eigenvalue weighted by Gasteiger charge is 2.16. The number of carboxylic acids is 1. The second-order valence-electron chi connectivity index (χ2n) is 4.82. The van der Waals surface area contributed by atoms with Crippen LogP contribution in [0.15, 0.2) is 23.1 Å². The number of hydrogen-bond donors (Lipinski definition) is 2. The van der Waals surface area contributed by atoms with Crippen LogP contribution in [0.2, 0.25) is 0 Å². The van der Waals surface area contributed by atoms with Gasteiger partial charge in [0, 0.05) is 18.1 Å². The molecule has 0 saturated carbocycles. The first kappa shape index (κ1) is 15.2. The molecule has 0 bridgehead atoms. The van der Waals surface area contributed by atoms with Crippen LogP contribution in [0.5, 0.6) is 0 Å². The molecule has 0 atom stereocenters. The third-order valence-electron chi connectivity index (χ3n) is 3.47. The predicted molar refractivity (Wildman–Crippen MR) is 78.2 cm³/mol. The zero-order chi connectivity index (χ0) is 15.6. The molecule has 6 heteroatoms. The van der Waals surface area contributed by atoms with Crippen LogP contribution in [-0.4, -0.2) is 22.2 Å². The zero-order valence-corrected chi connectivity index (χ0v) is 11.7. The highest BCUT2D eigenvalue weighted by molar-refractivity contribution is 5.92. The van der Waals surface area contributed by atoms with Crippen molar-refractivity contribution in [1.29, 1.82) is 0 Å². The van der Waals surface area contributed by atoms with Crippen molar-refractivity contribution >= 4 is 16.9 Å². The summed E-state index contributed by atoms with van der Waals surface area (Å²) in [6.45, 7) is 2.77. The molecule has 0 fully saturated rings. The Labute approximate surface area is 120 Å². The fourth-order valence-electron chi connectivity index (χ4n) is 2.35. The summed E-state index contributed by atoms with van der Waals surface area (Å²) in [6.07, 6.45) is 2.43. The van der Waals surface area contributed by atoms with Gasteiger partial charge in [0.1, 0.15) is 11.4 Å². The molecule has 0 aliphatic rings. The van der Waals surface area contributed by atoms with Gasteiger partial charge in [0.15, 0.2) is 0 Å². The van der Waals surface area contributed by atoms with E-state index < -0.39 is 17.2 Å². The van der Waals surface area contributed by atoms with E-state index in [0.29, 0.717) is 37.0 Å². The van der Waals surface area contributed by atoms with Crippen LogP contribution in [0.1, 0.15) is 29.3 Å². The average Bonchev–Trinajstić information content (AvgIpc) is 2.46. The molecule has 1 heterocycles. The molecule has 2 rings (SSSR count). The number of carbonyl (C=O) groups is 1. The number of pyridine rings is 1. The number of fused-ring (bicyclic) bond motifs is 1. The van der Waals surface area contributed by atoms with E-state index in [9.17, 15) is 14.0 Å². The minimum atomic E-state index is -1.31. The second kappa shape index (κ2) is 6.05. The number of nitrogens with two attached hydrogens (primary N) is 1. The Hall–Kier alpha value is -2.21. The first-order valence-electron chi connectivity index (χ1n) is 6.78. The molecule has 1 aromatic carbocycles. The molecule has 2 aromatic rings. The Kier molecular flexibility index (Phi) is 4.37. The predicted octanol–water partition coefficient (Wildman–Crippen LogP) is 1.75. The molecule has 21 heavy (non-hydrogen) atoms. The molecule has 0 saturated heterocycles. The van der Waals surface area contributed by atoms with Crippen molar-refractivity contribution in [3.63, 3.8) is 0 Å². The summed E-state index contributed by atoms with van der Waals surface area (Å²) in [5, 5.41) is 9.15. The minimum absolute atomic E-state index is 0.0887. The van der Waals surface area contributed by atoms with Crippen LogP contribution in [0, 0.1) is 5.82 Å². The number of rotatable bonds is 5. The van der Waals surface area contributed by atoms with Crippen LogP contribution in [0.25, 0.3) is 10.9 Å². The number of carboxylic acid groups (broad SMARTS) is 1. The maximum Gasteiger partial charge on any atom is 0.341 e. The molecule has 0 unspecified atom stereocenters. The largest absolute Gasteiger partial charge is 0.477 e. The first-order valence-corrected chi connectivity index (χ1v) is 6.78. The van der Waals surface area contributed by atoms with Gasteiger partial charge in [-0.05, 0) is 44.0 Å². The van der Waals surface area contributed by atoms with Crippen LogP contribution in [0.3, 0.4) is 0 Å². The van der Waals surface area contributed by atoms with Gasteiger partial charge in [-0.2, -0.15) is 0 Å². The summed E-state index contributed by atoms with van der Waals surface area (Å²) >= 11 is 0. The van der Waals surface area contributed by atoms with Gasteiger partial charge in [0.05, 0.1) is 5.52 Å². The third-order valence-corrected chi connectivity index (χ3v) is 3.47. The van der Waals surface area contributed by atoms with E-state index in [1.807, 2.05) is 6.92 Å². The molecule has 112 valence electrons. The van der Waals surface area contributed by atoms with Crippen molar-refractivity contribution in [3.05, 3.63) is 45.5 Å². The molecule has 5 nitrogen and oxygen atoms in total. The lowest BCUT2D eigenvalue weighted by molar-refractivity contribution is 0.0695. The molecular formula is C15H17FN2O3. The van der Waals surface area contributed by atoms with Crippen molar-refractivity contribution in [2.75, 3.05) is 6.54 Å².